The number of nitrogens with zero attached hydrogens (tertiary/aromatic N) is 2. The number of methoxy groups -OCH3 is 4. The highest BCUT2D eigenvalue weighted by Gasteiger charge is 2.39. The molecule has 47 heavy (non-hydrogen) atoms. The van der Waals surface area contributed by atoms with Gasteiger partial charge in [-0.2, -0.15) is 0 Å². The summed E-state index contributed by atoms with van der Waals surface area (Å²) in [6.45, 7) is 4.89. The molecule has 0 aliphatic carbocycles. The quantitative estimate of drug-likeness (QED) is 0.130. The van der Waals surface area contributed by atoms with Gasteiger partial charge in [0.25, 0.3) is 5.69 Å². The Hall–Kier alpha value is -4.91. The molecule has 2 aliphatic rings. The average Bonchev–Trinajstić information content (AvgIpc) is 3.52. The van der Waals surface area contributed by atoms with Crippen molar-refractivity contribution in [1.29, 1.82) is 0 Å². The number of benzene rings is 2. The molecule has 0 spiro atoms. The van der Waals surface area contributed by atoms with Gasteiger partial charge in [0, 0.05) is 48.1 Å². The van der Waals surface area contributed by atoms with Crippen LogP contribution in [0.3, 0.4) is 0 Å². The lowest BCUT2D eigenvalue weighted by Gasteiger charge is -2.31. The monoisotopic (exact) mass is 651 g/mol. The van der Waals surface area contributed by atoms with E-state index < -0.39 is 22.8 Å². The third-order valence-electron chi connectivity index (χ3n) is 8.55. The normalized spacial score (nSPS) is 18.0. The molecule has 0 bridgehead atoms. The van der Waals surface area contributed by atoms with Gasteiger partial charge < -0.3 is 29.0 Å². The number of nitrogens with one attached hydrogen (secondary N) is 1. The number of allylic oxidation sites excluding steroid dienone is 2. The van der Waals surface area contributed by atoms with E-state index in [1.54, 1.807) is 32.0 Å². The molecule has 0 amide bonds. The molecule has 2 aromatic carbocycles. The molecule has 2 aliphatic heterocycles. The minimum absolute atomic E-state index is 0.0646. The summed E-state index contributed by atoms with van der Waals surface area (Å²) in [4.78, 5) is 53.1. The van der Waals surface area contributed by atoms with Crippen molar-refractivity contribution in [2.75, 3.05) is 48.1 Å². The van der Waals surface area contributed by atoms with Gasteiger partial charge >= 0.3 is 11.9 Å². The number of carbonyl (C=O) groups is 3. The van der Waals surface area contributed by atoms with E-state index in [0.29, 0.717) is 52.7 Å². The molecule has 0 saturated carbocycles. The van der Waals surface area contributed by atoms with Crippen molar-refractivity contribution < 1.29 is 43.0 Å². The number of likely N-dealkylation sites (tertiary alicyclic amines) is 1. The van der Waals surface area contributed by atoms with Crippen LogP contribution in [0.25, 0.3) is 0 Å². The third-order valence-corrected chi connectivity index (χ3v) is 8.55. The predicted molar refractivity (Wildman–Crippen MR) is 172 cm³/mol. The maximum absolute atomic E-state index is 13.7. The number of hydrogen-bond donors (Lipinski definition) is 1. The van der Waals surface area contributed by atoms with Crippen LogP contribution in [0.4, 0.5) is 5.69 Å². The van der Waals surface area contributed by atoms with Gasteiger partial charge in [-0.05, 0) is 51.8 Å². The molecule has 4 rings (SSSR count). The van der Waals surface area contributed by atoms with Crippen LogP contribution in [-0.4, -0.2) is 81.7 Å². The summed E-state index contributed by atoms with van der Waals surface area (Å²) in [5.41, 5.74) is 1.88. The molecule has 2 atom stereocenters. The lowest BCUT2D eigenvalue weighted by Crippen LogP contribution is -2.36. The Labute approximate surface area is 273 Å². The van der Waals surface area contributed by atoms with E-state index in [1.807, 2.05) is 0 Å². The van der Waals surface area contributed by atoms with Gasteiger partial charge in [0.15, 0.2) is 5.78 Å². The highest BCUT2D eigenvalue weighted by Crippen LogP contribution is 2.40. The van der Waals surface area contributed by atoms with Gasteiger partial charge in [0.1, 0.15) is 29.4 Å². The summed E-state index contributed by atoms with van der Waals surface area (Å²) >= 11 is 0. The molecule has 1 fully saturated rings. The van der Waals surface area contributed by atoms with Crippen LogP contribution in [0.15, 0.2) is 58.9 Å². The van der Waals surface area contributed by atoms with E-state index in [9.17, 15) is 24.5 Å². The predicted octanol–water partition coefficient (Wildman–Crippen LogP) is 4.70. The maximum atomic E-state index is 13.7. The van der Waals surface area contributed by atoms with Crippen molar-refractivity contribution in [2.45, 2.75) is 51.5 Å². The fraction of sp³-hybridized carbons (Fsp3) is 0.441. The number of dihydropyridines is 1. The summed E-state index contributed by atoms with van der Waals surface area (Å²) in [5, 5.41) is 14.6. The number of non-ortho nitro benzene ring substituents is 1. The van der Waals surface area contributed by atoms with Crippen LogP contribution >= 0.6 is 0 Å². The molecule has 2 heterocycles. The summed E-state index contributed by atoms with van der Waals surface area (Å²) < 4.78 is 27.1. The number of nitro groups is 1. The molecule has 1 saturated heterocycles. The van der Waals surface area contributed by atoms with Crippen LogP contribution in [0, 0.1) is 10.1 Å². The Morgan fingerprint density at radius 2 is 1.62 bits per heavy atom. The summed E-state index contributed by atoms with van der Waals surface area (Å²) in [7, 11) is 5.74. The first kappa shape index (κ1) is 35.0. The molecule has 0 aromatic heterocycles. The number of esters is 2. The van der Waals surface area contributed by atoms with Gasteiger partial charge in [-0.3, -0.25) is 19.8 Å². The van der Waals surface area contributed by atoms with Crippen molar-refractivity contribution in [1.82, 2.24) is 10.2 Å². The number of Topliss-reactive ketones (excluding diaryl/α,β-unsaturated/α-hetero) is 1. The number of ether oxygens (including phenoxy) is 5. The molecule has 13 heteroatoms. The molecule has 13 nitrogen and oxygen atoms in total. The van der Waals surface area contributed by atoms with Crippen molar-refractivity contribution in [3.63, 3.8) is 0 Å². The number of nitro benzene ring substituents is 1. The van der Waals surface area contributed by atoms with Crippen LogP contribution < -0.4 is 19.5 Å². The number of carbonyl (C=O) groups excluding carboxylic acids is 3. The third kappa shape index (κ3) is 7.74. The molecule has 2 unspecified atom stereocenters. The van der Waals surface area contributed by atoms with E-state index in [-0.39, 0.29) is 41.7 Å². The first-order valence-corrected chi connectivity index (χ1v) is 15.3. The SMILES string of the molecule is COC(=O)C1=C(C)NC(C)=C(C(=O)OCC2CCCN2CCCC(=O)c2c(OC)cc(OC)cc2OC)C1c1cccc([N+](=O)[O-])c1. The number of ketones is 1. The molecule has 0 radical (unpaired) electrons. The fourth-order valence-corrected chi connectivity index (χ4v) is 6.27. The van der Waals surface area contributed by atoms with Crippen LogP contribution in [0.5, 0.6) is 17.2 Å². The average molecular weight is 652 g/mol. The zero-order chi connectivity index (χ0) is 34.2. The first-order valence-electron chi connectivity index (χ1n) is 15.3. The number of rotatable bonds is 14. The van der Waals surface area contributed by atoms with E-state index >= 15 is 0 Å². The molecule has 252 valence electrons. The van der Waals surface area contributed by atoms with Crippen molar-refractivity contribution in [2.24, 2.45) is 0 Å². The standard InChI is InChI=1S/C34H41N3O10/c1-20-29(33(39)46-6)31(22-10-7-11-23(16-22)37(41)42)30(21(2)35-20)34(40)47-19-24-12-8-14-36(24)15-9-13-26(38)32-27(44-4)17-25(43-3)18-28(32)45-5/h7,10-11,16-18,24,31,35H,8-9,12-15,19H2,1-6H3. The fourth-order valence-electron chi connectivity index (χ4n) is 6.27. The van der Waals surface area contributed by atoms with Crippen molar-refractivity contribution in [3.8, 4) is 17.2 Å². The van der Waals surface area contributed by atoms with E-state index in [0.717, 1.165) is 19.4 Å². The first-order chi connectivity index (χ1) is 22.5. The van der Waals surface area contributed by atoms with Gasteiger partial charge in [-0.15, -0.1) is 0 Å². The largest absolute Gasteiger partial charge is 0.496 e. The second kappa shape index (κ2) is 15.6. The minimum atomic E-state index is -0.936. The Bertz CT molecular complexity index is 1570. The van der Waals surface area contributed by atoms with E-state index in [4.69, 9.17) is 23.7 Å². The van der Waals surface area contributed by atoms with Gasteiger partial charge in [0.2, 0.25) is 0 Å². The highest BCUT2D eigenvalue weighted by atomic mass is 16.6. The Morgan fingerprint density at radius 3 is 2.21 bits per heavy atom. The van der Waals surface area contributed by atoms with Crippen LogP contribution in [-0.2, 0) is 19.1 Å². The smallest absolute Gasteiger partial charge is 0.336 e. The zero-order valence-electron chi connectivity index (χ0n) is 27.5. The molecular weight excluding hydrogens is 610 g/mol. The van der Waals surface area contributed by atoms with Crippen molar-refractivity contribution >= 4 is 23.4 Å². The van der Waals surface area contributed by atoms with Crippen LogP contribution in [0.1, 0.15) is 61.4 Å². The van der Waals surface area contributed by atoms with Gasteiger partial charge in [0.05, 0.1) is 50.4 Å². The Morgan fingerprint density at radius 1 is 0.957 bits per heavy atom. The second-order valence-corrected chi connectivity index (χ2v) is 11.3. The van der Waals surface area contributed by atoms with Crippen molar-refractivity contribution in [3.05, 3.63) is 80.2 Å². The highest BCUT2D eigenvalue weighted by molar-refractivity contribution is 6.02. The second-order valence-electron chi connectivity index (χ2n) is 11.3. The van der Waals surface area contributed by atoms with Gasteiger partial charge in [-0.25, -0.2) is 9.59 Å². The van der Waals surface area contributed by atoms with Gasteiger partial charge in [-0.1, -0.05) is 12.1 Å². The topological polar surface area (TPSA) is 156 Å². The molecule has 1 N–H and O–H groups in total. The summed E-state index contributed by atoms with van der Waals surface area (Å²) in [6.07, 6.45) is 2.53. The molecule has 2 aromatic rings. The minimum Gasteiger partial charge on any atom is -0.496 e. The summed E-state index contributed by atoms with van der Waals surface area (Å²) in [5.74, 6) is -1.08. The Balaban J connectivity index is 1.46. The van der Waals surface area contributed by atoms with Crippen LogP contribution in [0.2, 0.25) is 0 Å². The molecular formula is C34H41N3O10. The lowest BCUT2D eigenvalue weighted by molar-refractivity contribution is -0.384. The Kier molecular flexibility index (Phi) is 11.6. The maximum Gasteiger partial charge on any atom is 0.336 e. The van der Waals surface area contributed by atoms with E-state index in [1.165, 1.54) is 46.6 Å². The number of hydrogen-bond acceptors (Lipinski definition) is 12. The lowest BCUT2D eigenvalue weighted by atomic mass is 9.80. The van der Waals surface area contributed by atoms with E-state index in [2.05, 4.69) is 10.2 Å². The zero-order valence-corrected chi connectivity index (χ0v) is 27.5. The summed E-state index contributed by atoms with van der Waals surface area (Å²) in [6, 6.07) is 9.08.